The molecule has 0 aliphatic heterocycles. The van der Waals surface area contributed by atoms with E-state index in [9.17, 15) is 0 Å². The van der Waals surface area contributed by atoms with Crippen molar-refractivity contribution < 1.29 is 23.5 Å². The van der Waals surface area contributed by atoms with Crippen molar-refractivity contribution in [3.8, 4) is 0 Å². The minimum Gasteiger partial charge on any atom is -1.00 e. The Bertz CT molecular complexity index is 247. The van der Waals surface area contributed by atoms with Crippen LogP contribution in [-0.2, 0) is 6.61 Å². The fourth-order valence-corrected chi connectivity index (χ4v) is 0.997. The Balaban J connectivity index is 0. The molecule has 3 nitrogen and oxygen atoms in total. The van der Waals surface area contributed by atoms with Crippen LogP contribution in [0.4, 0.5) is 5.82 Å². The number of nitrogen functional groups attached to an aromatic ring is 1. The minimum absolute atomic E-state index is 0. The van der Waals surface area contributed by atoms with Gasteiger partial charge in [-0.05, 0) is 22.0 Å². The van der Waals surface area contributed by atoms with Gasteiger partial charge in [-0.25, -0.2) is 4.98 Å². The van der Waals surface area contributed by atoms with E-state index in [0.717, 1.165) is 4.47 Å². The fraction of sp³-hybridized carbons (Fsp3) is 0.167. The van der Waals surface area contributed by atoms with Crippen LogP contribution < -0.4 is 22.7 Å². The quantitative estimate of drug-likeness (QED) is 0.629. The Morgan fingerprint density at radius 2 is 2.36 bits per heavy atom. The van der Waals surface area contributed by atoms with Gasteiger partial charge in [-0.2, -0.15) is 0 Å². The van der Waals surface area contributed by atoms with Gasteiger partial charge in [-0.15, -0.1) is 0 Å². The lowest BCUT2D eigenvalue weighted by Crippen LogP contribution is -3.00. The maximum atomic E-state index is 8.70. The molecule has 1 heterocycles. The molecule has 0 bridgehead atoms. The summed E-state index contributed by atoms with van der Waals surface area (Å²) in [5.74, 6) is 0.380. The summed E-state index contributed by atoms with van der Waals surface area (Å²) in [6.07, 6.45) is 1.59. The second-order valence-electron chi connectivity index (χ2n) is 1.86. The molecule has 0 aliphatic carbocycles. The Morgan fingerprint density at radius 1 is 1.73 bits per heavy atom. The summed E-state index contributed by atoms with van der Waals surface area (Å²) >= 11 is 3.21. The van der Waals surface area contributed by atoms with Crippen LogP contribution in [0.15, 0.2) is 16.7 Å². The van der Waals surface area contributed by atoms with Gasteiger partial charge in [0.2, 0.25) is 0 Å². The normalized spacial score (nSPS) is 8.91. The highest BCUT2D eigenvalue weighted by molar-refractivity contribution is 9.10. The Hall–Kier alpha value is -0.130. The summed E-state index contributed by atoms with van der Waals surface area (Å²) in [7, 11) is 0. The summed E-state index contributed by atoms with van der Waals surface area (Å²) in [5, 5.41) is 8.70. The zero-order valence-electron chi connectivity index (χ0n) is 6.59. The summed E-state index contributed by atoms with van der Waals surface area (Å²) in [5.41, 5.74) is 6.06. The van der Waals surface area contributed by atoms with Crippen molar-refractivity contribution >= 4 is 21.7 Å². The second kappa shape index (κ2) is 4.69. The molecule has 0 saturated heterocycles. The number of halogens is 2. The Labute approximate surface area is 85.0 Å². The summed E-state index contributed by atoms with van der Waals surface area (Å²) in [6, 6.07) is 1.74. The average molecular weight is 284 g/mol. The maximum Gasteiger partial charge on any atom is 1.00 e. The van der Waals surface area contributed by atoms with Crippen molar-refractivity contribution in [2.24, 2.45) is 0 Å². The van der Waals surface area contributed by atoms with Gasteiger partial charge in [0.25, 0.3) is 0 Å². The minimum atomic E-state index is -0.0712. The SMILES string of the molecule is Nc1ncc(Br)cc1CO.[Br-].[H+]. The molecule has 0 spiro atoms. The first-order valence-corrected chi connectivity index (χ1v) is 3.54. The van der Waals surface area contributed by atoms with E-state index >= 15 is 0 Å². The van der Waals surface area contributed by atoms with Crippen LogP contribution in [0.2, 0.25) is 0 Å². The van der Waals surface area contributed by atoms with E-state index in [4.69, 9.17) is 10.8 Å². The summed E-state index contributed by atoms with van der Waals surface area (Å²) in [6.45, 7) is -0.0712. The van der Waals surface area contributed by atoms with Gasteiger partial charge in [0.15, 0.2) is 0 Å². The molecule has 62 valence electrons. The molecule has 0 fully saturated rings. The molecular formula is C6H8Br2N2O. The summed E-state index contributed by atoms with van der Waals surface area (Å²) < 4.78 is 0.825. The number of aromatic nitrogens is 1. The highest BCUT2D eigenvalue weighted by Crippen LogP contribution is 2.14. The van der Waals surface area contributed by atoms with E-state index < -0.39 is 0 Å². The fourth-order valence-electron chi connectivity index (χ4n) is 0.618. The maximum absolute atomic E-state index is 8.70. The van der Waals surface area contributed by atoms with Crippen LogP contribution in [0.5, 0.6) is 0 Å². The molecule has 0 amide bonds. The van der Waals surface area contributed by atoms with Gasteiger partial charge in [0, 0.05) is 16.2 Å². The van der Waals surface area contributed by atoms with Crippen molar-refractivity contribution in [2.45, 2.75) is 6.61 Å². The Morgan fingerprint density at radius 3 is 2.82 bits per heavy atom. The smallest absolute Gasteiger partial charge is 1.00 e. The standard InChI is InChI=1S/C6H7BrN2O.BrH/c7-5-1-4(3-10)6(8)9-2-5;/h1-2,10H,3H2,(H2,8,9);1H. The van der Waals surface area contributed by atoms with Crippen molar-refractivity contribution in [3.63, 3.8) is 0 Å². The van der Waals surface area contributed by atoms with E-state index in [-0.39, 0.29) is 25.0 Å². The number of nitrogens with two attached hydrogens (primary N) is 1. The lowest BCUT2D eigenvalue weighted by molar-refractivity contribution is -0.00000304. The Kier molecular flexibility index (Phi) is 4.63. The van der Waals surface area contributed by atoms with Gasteiger partial charge >= 0.3 is 1.43 Å². The lowest BCUT2D eigenvalue weighted by Gasteiger charge is -1.99. The van der Waals surface area contributed by atoms with Crippen LogP contribution in [0.25, 0.3) is 0 Å². The van der Waals surface area contributed by atoms with Crippen LogP contribution >= 0.6 is 15.9 Å². The predicted molar refractivity (Wildman–Crippen MR) is 43.4 cm³/mol. The van der Waals surface area contributed by atoms with Gasteiger partial charge in [0.1, 0.15) is 5.82 Å². The lowest BCUT2D eigenvalue weighted by atomic mass is 10.3. The van der Waals surface area contributed by atoms with Crippen LogP contribution in [0.3, 0.4) is 0 Å². The monoisotopic (exact) mass is 282 g/mol. The largest absolute Gasteiger partial charge is 1.00 e. The molecule has 0 atom stereocenters. The molecule has 3 N–H and O–H groups in total. The highest BCUT2D eigenvalue weighted by Gasteiger charge is 1.97. The molecule has 0 aromatic carbocycles. The van der Waals surface area contributed by atoms with Gasteiger partial charge in [-0.1, -0.05) is 0 Å². The first kappa shape index (κ1) is 10.9. The molecular weight excluding hydrogens is 276 g/mol. The van der Waals surface area contributed by atoms with Gasteiger partial charge in [0.05, 0.1) is 6.61 Å². The molecule has 1 rings (SSSR count). The van der Waals surface area contributed by atoms with E-state index in [0.29, 0.717) is 11.4 Å². The van der Waals surface area contributed by atoms with Crippen LogP contribution in [0.1, 0.15) is 6.99 Å². The molecule has 0 saturated carbocycles. The third-order valence-electron chi connectivity index (χ3n) is 1.14. The first-order valence-electron chi connectivity index (χ1n) is 2.75. The molecule has 0 radical (unpaired) electrons. The number of nitrogens with zero attached hydrogens (tertiary/aromatic N) is 1. The van der Waals surface area contributed by atoms with E-state index in [1.165, 1.54) is 0 Å². The number of rotatable bonds is 1. The number of hydrogen-bond donors (Lipinski definition) is 2. The number of aliphatic hydroxyl groups is 1. The van der Waals surface area contributed by atoms with Crippen molar-refractivity contribution in [1.29, 1.82) is 0 Å². The first-order chi connectivity index (χ1) is 4.74. The van der Waals surface area contributed by atoms with Crippen molar-refractivity contribution in [2.75, 3.05) is 5.73 Å². The molecule has 11 heavy (non-hydrogen) atoms. The second-order valence-corrected chi connectivity index (χ2v) is 2.77. The number of pyridine rings is 1. The van der Waals surface area contributed by atoms with E-state index in [1.807, 2.05) is 0 Å². The molecule has 5 heteroatoms. The predicted octanol–water partition coefficient (Wildman–Crippen LogP) is -1.96. The van der Waals surface area contributed by atoms with Crippen LogP contribution in [0, 0.1) is 0 Å². The number of hydrogen-bond acceptors (Lipinski definition) is 3. The highest BCUT2D eigenvalue weighted by atomic mass is 79.9. The molecule has 1 aromatic rings. The number of anilines is 1. The topological polar surface area (TPSA) is 59.1 Å². The van der Waals surface area contributed by atoms with Crippen LogP contribution in [-0.4, -0.2) is 10.1 Å². The van der Waals surface area contributed by atoms with Gasteiger partial charge < -0.3 is 27.8 Å². The zero-order valence-corrected chi connectivity index (χ0v) is 8.76. The summed E-state index contributed by atoms with van der Waals surface area (Å²) in [4.78, 5) is 3.82. The third kappa shape index (κ3) is 2.76. The number of aliphatic hydroxyl groups excluding tert-OH is 1. The van der Waals surface area contributed by atoms with E-state index in [2.05, 4.69) is 20.9 Å². The van der Waals surface area contributed by atoms with Crippen molar-refractivity contribution in [3.05, 3.63) is 22.3 Å². The van der Waals surface area contributed by atoms with Crippen molar-refractivity contribution in [1.82, 2.24) is 4.98 Å². The zero-order chi connectivity index (χ0) is 7.56. The average Bonchev–Trinajstić information content (AvgIpc) is 1.94. The van der Waals surface area contributed by atoms with E-state index in [1.54, 1.807) is 12.3 Å². The third-order valence-corrected chi connectivity index (χ3v) is 1.57. The molecule has 0 aliphatic rings. The molecule has 0 unspecified atom stereocenters. The van der Waals surface area contributed by atoms with Gasteiger partial charge in [-0.3, -0.25) is 0 Å². The molecule has 1 aromatic heterocycles.